The van der Waals surface area contributed by atoms with Crippen molar-refractivity contribution in [1.29, 1.82) is 0 Å². The van der Waals surface area contributed by atoms with Gasteiger partial charge >= 0.3 is 0 Å². The molecule has 2 aromatic rings. The number of benzene rings is 1. The summed E-state index contributed by atoms with van der Waals surface area (Å²) < 4.78 is 29.3. The lowest BCUT2D eigenvalue weighted by molar-refractivity contribution is 0.00511. The zero-order chi connectivity index (χ0) is 14.7. The fraction of sp³-hybridized carbons (Fsp3) is 0.571. The van der Waals surface area contributed by atoms with Crippen molar-refractivity contribution >= 4 is 20.9 Å². The van der Waals surface area contributed by atoms with Gasteiger partial charge in [0.2, 0.25) is 0 Å². The third-order valence-corrected chi connectivity index (χ3v) is 7.57. The second-order valence-electron chi connectivity index (χ2n) is 6.17. The van der Waals surface area contributed by atoms with E-state index in [1.54, 1.807) is 18.2 Å². The molecule has 7 heteroatoms. The first-order valence-electron chi connectivity index (χ1n) is 7.17. The summed E-state index contributed by atoms with van der Waals surface area (Å²) in [6.45, 7) is 0. The lowest BCUT2D eigenvalue weighted by Gasteiger charge is -2.44. The van der Waals surface area contributed by atoms with Gasteiger partial charge in [0, 0.05) is 0 Å². The standard InChI is InChI=1S/C14H16N2O4S/c17-14(9-4-5-12-13(6-9)16-20-15-12)7-10-2-1-3-11(8-14)21(10,18)19/h4-6,10-11,17H,1-3,7-8H2. The number of fused-ring (bicyclic) bond motifs is 3. The third kappa shape index (κ3) is 1.91. The van der Waals surface area contributed by atoms with Crippen molar-refractivity contribution in [2.75, 3.05) is 0 Å². The smallest absolute Gasteiger partial charge is 0.156 e. The Labute approximate surface area is 122 Å². The molecule has 6 nitrogen and oxygen atoms in total. The Morgan fingerprint density at radius 2 is 1.81 bits per heavy atom. The molecule has 2 bridgehead atoms. The van der Waals surface area contributed by atoms with Gasteiger partial charge in [0.1, 0.15) is 11.0 Å². The van der Waals surface area contributed by atoms with Gasteiger partial charge in [-0.05, 0) is 53.7 Å². The van der Waals surface area contributed by atoms with Crippen LogP contribution in [0.15, 0.2) is 22.8 Å². The molecule has 2 aliphatic rings. The number of aliphatic hydroxyl groups is 1. The largest absolute Gasteiger partial charge is 0.385 e. The van der Waals surface area contributed by atoms with E-state index in [1.807, 2.05) is 0 Å². The quantitative estimate of drug-likeness (QED) is 0.859. The molecule has 0 amide bonds. The molecule has 2 fully saturated rings. The minimum absolute atomic E-state index is 0.266. The maximum absolute atomic E-state index is 12.3. The van der Waals surface area contributed by atoms with Crippen molar-refractivity contribution in [3.63, 3.8) is 0 Å². The Morgan fingerprint density at radius 1 is 1.14 bits per heavy atom. The van der Waals surface area contributed by atoms with Gasteiger partial charge in [0.05, 0.1) is 16.1 Å². The van der Waals surface area contributed by atoms with E-state index in [-0.39, 0.29) is 12.8 Å². The predicted molar refractivity (Wildman–Crippen MR) is 75.3 cm³/mol. The van der Waals surface area contributed by atoms with Crippen LogP contribution in [0.5, 0.6) is 0 Å². The molecule has 1 aromatic carbocycles. The Kier molecular flexibility index (Phi) is 2.68. The molecule has 2 unspecified atom stereocenters. The van der Waals surface area contributed by atoms with Crippen molar-refractivity contribution in [1.82, 2.24) is 10.3 Å². The van der Waals surface area contributed by atoms with Crippen LogP contribution >= 0.6 is 0 Å². The maximum Gasteiger partial charge on any atom is 0.156 e. The number of hydrogen-bond donors (Lipinski definition) is 1. The normalized spacial score (nSPS) is 34.9. The zero-order valence-electron chi connectivity index (χ0n) is 11.4. The van der Waals surface area contributed by atoms with E-state index in [4.69, 9.17) is 0 Å². The van der Waals surface area contributed by atoms with Gasteiger partial charge in [-0.2, -0.15) is 0 Å². The van der Waals surface area contributed by atoms with Gasteiger partial charge in [0.25, 0.3) is 0 Å². The lowest BCUT2D eigenvalue weighted by atomic mass is 9.80. The fourth-order valence-electron chi connectivity index (χ4n) is 3.75. The molecule has 2 atom stereocenters. The molecule has 2 saturated heterocycles. The summed E-state index contributed by atoms with van der Waals surface area (Å²) in [5.41, 5.74) is 0.816. The summed E-state index contributed by atoms with van der Waals surface area (Å²) in [4.78, 5) is 0. The first-order chi connectivity index (χ1) is 9.99. The lowest BCUT2D eigenvalue weighted by Crippen LogP contribution is -2.50. The van der Waals surface area contributed by atoms with Crippen molar-refractivity contribution in [3.8, 4) is 0 Å². The molecule has 1 N–H and O–H groups in total. The van der Waals surface area contributed by atoms with E-state index in [0.29, 0.717) is 29.4 Å². The Morgan fingerprint density at radius 3 is 2.52 bits per heavy atom. The minimum atomic E-state index is -3.08. The molecule has 21 heavy (non-hydrogen) atoms. The third-order valence-electron chi connectivity index (χ3n) is 4.90. The molecule has 0 spiro atoms. The van der Waals surface area contributed by atoms with Crippen LogP contribution in [0.1, 0.15) is 37.7 Å². The highest BCUT2D eigenvalue weighted by molar-refractivity contribution is 7.92. The number of nitrogens with zero attached hydrogens (tertiary/aromatic N) is 2. The summed E-state index contributed by atoms with van der Waals surface area (Å²) in [7, 11) is -3.08. The van der Waals surface area contributed by atoms with Gasteiger partial charge in [0.15, 0.2) is 9.84 Å². The van der Waals surface area contributed by atoms with Crippen LogP contribution in [0.25, 0.3) is 11.0 Å². The van der Waals surface area contributed by atoms with Crippen molar-refractivity contribution in [3.05, 3.63) is 23.8 Å². The van der Waals surface area contributed by atoms with E-state index in [0.717, 1.165) is 6.42 Å². The first-order valence-corrected chi connectivity index (χ1v) is 8.78. The van der Waals surface area contributed by atoms with Crippen molar-refractivity contribution < 1.29 is 18.2 Å². The second-order valence-corrected chi connectivity index (χ2v) is 8.68. The topological polar surface area (TPSA) is 93.3 Å². The van der Waals surface area contributed by atoms with Crippen LogP contribution in [0.3, 0.4) is 0 Å². The van der Waals surface area contributed by atoms with Gasteiger partial charge in [-0.15, -0.1) is 0 Å². The number of rotatable bonds is 1. The number of hydrogen-bond acceptors (Lipinski definition) is 6. The first kappa shape index (κ1) is 13.2. The van der Waals surface area contributed by atoms with E-state index in [2.05, 4.69) is 14.9 Å². The molecule has 4 rings (SSSR count). The molecular weight excluding hydrogens is 292 g/mol. The second kappa shape index (κ2) is 4.27. The van der Waals surface area contributed by atoms with Gasteiger partial charge in [-0.3, -0.25) is 0 Å². The van der Waals surface area contributed by atoms with Crippen LogP contribution < -0.4 is 0 Å². The molecule has 112 valence electrons. The molecule has 1 aromatic heterocycles. The average molecular weight is 308 g/mol. The Hall–Kier alpha value is -1.47. The molecule has 0 saturated carbocycles. The highest BCUT2D eigenvalue weighted by atomic mass is 32.2. The van der Waals surface area contributed by atoms with Gasteiger partial charge < -0.3 is 5.11 Å². The van der Waals surface area contributed by atoms with Crippen molar-refractivity contribution in [2.45, 2.75) is 48.2 Å². The monoisotopic (exact) mass is 308 g/mol. The number of aromatic nitrogens is 2. The van der Waals surface area contributed by atoms with Crippen LogP contribution in [-0.4, -0.2) is 34.3 Å². The molecule has 0 radical (unpaired) electrons. The molecule has 0 aliphatic carbocycles. The van der Waals surface area contributed by atoms with E-state index in [1.165, 1.54) is 0 Å². The minimum Gasteiger partial charge on any atom is -0.385 e. The van der Waals surface area contributed by atoms with Crippen LogP contribution in [0, 0.1) is 0 Å². The fourth-order valence-corrected chi connectivity index (χ4v) is 6.31. The maximum atomic E-state index is 12.3. The van der Waals surface area contributed by atoms with Crippen LogP contribution in [0.4, 0.5) is 0 Å². The van der Waals surface area contributed by atoms with Crippen LogP contribution in [-0.2, 0) is 15.4 Å². The predicted octanol–water partition coefficient (Wildman–Crippen LogP) is 1.54. The summed E-state index contributed by atoms with van der Waals surface area (Å²) >= 11 is 0. The molecular formula is C14H16N2O4S. The molecule has 3 heterocycles. The summed E-state index contributed by atoms with van der Waals surface area (Å²) in [6, 6.07) is 5.29. The Balaban J connectivity index is 1.77. The Bertz CT molecular complexity index is 778. The van der Waals surface area contributed by atoms with Crippen LogP contribution in [0.2, 0.25) is 0 Å². The highest BCUT2D eigenvalue weighted by Gasteiger charge is 2.50. The van der Waals surface area contributed by atoms with E-state index in [9.17, 15) is 13.5 Å². The highest BCUT2D eigenvalue weighted by Crippen LogP contribution is 2.46. The summed E-state index contributed by atoms with van der Waals surface area (Å²) in [5.74, 6) is 0. The zero-order valence-corrected chi connectivity index (χ0v) is 12.2. The van der Waals surface area contributed by atoms with Gasteiger partial charge in [-0.25, -0.2) is 13.0 Å². The summed E-state index contributed by atoms with van der Waals surface area (Å²) in [5, 5.41) is 17.7. The SMILES string of the molecule is O=S1(=O)C2CCCC1CC(O)(c1ccc3nonc3c1)C2. The molecule has 2 aliphatic heterocycles. The van der Waals surface area contributed by atoms with E-state index >= 15 is 0 Å². The van der Waals surface area contributed by atoms with Crippen molar-refractivity contribution in [2.24, 2.45) is 0 Å². The van der Waals surface area contributed by atoms with Gasteiger partial charge in [-0.1, -0.05) is 12.5 Å². The summed E-state index contributed by atoms with van der Waals surface area (Å²) in [6.07, 6.45) is 2.76. The average Bonchev–Trinajstić information content (AvgIpc) is 2.88. The number of sulfone groups is 1. The van der Waals surface area contributed by atoms with E-state index < -0.39 is 25.9 Å².